The van der Waals surface area contributed by atoms with E-state index >= 15 is 0 Å². The quantitative estimate of drug-likeness (QED) is 0.759. The molecule has 2 aliphatic heterocycles. The summed E-state index contributed by atoms with van der Waals surface area (Å²) in [7, 11) is 0. The van der Waals surface area contributed by atoms with Gasteiger partial charge in [0, 0.05) is 24.4 Å². The normalized spacial score (nSPS) is 21.7. The van der Waals surface area contributed by atoms with Crippen molar-refractivity contribution in [3.8, 4) is 11.5 Å². The summed E-state index contributed by atoms with van der Waals surface area (Å²) < 4.78 is 11.5. The number of carbonyl (C=O) groups excluding carboxylic acids is 1. The van der Waals surface area contributed by atoms with Crippen LogP contribution in [0.15, 0.2) is 23.6 Å². The Bertz CT molecular complexity index is 835. The predicted molar refractivity (Wildman–Crippen MR) is 110 cm³/mol. The number of carbonyl (C=O) groups is 1. The zero-order valence-electron chi connectivity index (χ0n) is 16.6. The number of rotatable bonds is 5. The maximum absolute atomic E-state index is 13.2. The maximum Gasteiger partial charge on any atom is 0.229 e. The fourth-order valence-corrected chi connectivity index (χ4v) is 5.13. The second-order valence-electron chi connectivity index (χ2n) is 7.57. The number of amides is 1. The number of aryl methyl sites for hydroxylation is 1. The molecule has 3 heterocycles. The fourth-order valence-electron chi connectivity index (χ4n) is 4.10. The first-order valence-electron chi connectivity index (χ1n) is 10.3. The molecule has 4 rings (SSSR count). The highest BCUT2D eigenvalue weighted by molar-refractivity contribution is 7.09. The van der Waals surface area contributed by atoms with E-state index in [9.17, 15) is 4.79 Å². The van der Waals surface area contributed by atoms with Crippen LogP contribution in [0.1, 0.15) is 48.9 Å². The topological polar surface area (TPSA) is 51.7 Å². The number of ether oxygens (including phenoxy) is 2. The molecule has 28 heavy (non-hydrogen) atoms. The van der Waals surface area contributed by atoms with Crippen molar-refractivity contribution >= 4 is 17.2 Å². The second kappa shape index (κ2) is 8.52. The van der Waals surface area contributed by atoms with Crippen LogP contribution >= 0.6 is 11.3 Å². The third-order valence-corrected chi connectivity index (χ3v) is 6.67. The fraction of sp³-hybridized carbons (Fsp3) is 0.545. The highest BCUT2D eigenvalue weighted by Crippen LogP contribution is 2.34. The molecule has 2 aromatic rings. The Balaban J connectivity index is 1.43. The van der Waals surface area contributed by atoms with E-state index in [2.05, 4.69) is 12.3 Å². The molecule has 6 heteroatoms. The summed E-state index contributed by atoms with van der Waals surface area (Å²) in [5.74, 6) is 2.17. The highest BCUT2D eigenvalue weighted by Gasteiger charge is 2.33. The molecule has 1 aromatic heterocycles. The van der Waals surface area contributed by atoms with Gasteiger partial charge in [0.15, 0.2) is 0 Å². The maximum atomic E-state index is 13.2. The van der Waals surface area contributed by atoms with Gasteiger partial charge < -0.3 is 14.4 Å². The summed E-state index contributed by atoms with van der Waals surface area (Å²) in [4.78, 5) is 20.0. The van der Waals surface area contributed by atoms with Crippen LogP contribution in [-0.2, 0) is 17.6 Å². The van der Waals surface area contributed by atoms with Crippen LogP contribution in [-0.4, -0.2) is 42.1 Å². The Hall–Kier alpha value is -2.08. The monoisotopic (exact) mass is 400 g/mol. The molecule has 0 bridgehead atoms. The molecule has 1 saturated heterocycles. The van der Waals surface area contributed by atoms with Crippen molar-refractivity contribution in [3.05, 3.63) is 39.8 Å². The van der Waals surface area contributed by atoms with Crippen LogP contribution in [0.5, 0.6) is 11.5 Å². The summed E-state index contributed by atoms with van der Waals surface area (Å²) in [5, 5.41) is 3.33. The smallest absolute Gasteiger partial charge is 0.229 e. The number of benzene rings is 1. The summed E-state index contributed by atoms with van der Waals surface area (Å²) >= 11 is 1.74. The first kappa shape index (κ1) is 19.2. The van der Waals surface area contributed by atoms with Crippen molar-refractivity contribution < 1.29 is 14.3 Å². The van der Waals surface area contributed by atoms with Crippen molar-refractivity contribution in [2.45, 2.75) is 45.4 Å². The van der Waals surface area contributed by atoms with E-state index in [1.807, 2.05) is 30.0 Å². The van der Waals surface area contributed by atoms with Gasteiger partial charge in [0.1, 0.15) is 18.1 Å². The lowest BCUT2D eigenvalue weighted by Crippen LogP contribution is -2.45. The summed E-state index contributed by atoms with van der Waals surface area (Å²) in [6.45, 7) is 6.81. The van der Waals surface area contributed by atoms with Crippen molar-refractivity contribution in [1.82, 2.24) is 9.88 Å². The molecule has 150 valence electrons. The Morgan fingerprint density at radius 2 is 2.29 bits per heavy atom. The molecule has 1 amide bonds. The molecule has 1 fully saturated rings. The second-order valence-corrected chi connectivity index (χ2v) is 8.46. The summed E-state index contributed by atoms with van der Waals surface area (Å²) in [6.07, 6.45) is 3.83. The van der Waals surface area contributed by atoms with E-state index in [4.69, 9.17) is 14.5 Å². The SMILES string of the molecule is CCOc1ccc2c(c1)CC(C(=O)N1CCCC(c3nc(CC)cs3)C1)CO2. The predicted octanol–water partition coefficient (Wildman–Crippen LogP) is 4.06. The molecular formula is C22H28N2O3S. The minimum atomic E-state index is -0.120. The van der Waals surface area contributed by atoms with Crippen LogP contribution in [0.25, 0.3) is 0 Å². The lowest BCUT2D eigenvalue weighted by atomic mass is 9.92. The standard InChI is InChI=1S/C22H28N2O3S/c1-3-18-14-28-21(23-18)15-6-5-9-24(12-15)22(25)17-10-16-11-19(26-4-2)7-8-20(16)27-13-17/h7-8,11,14-15,17H,3-6,9-10,12-13H2,1-2H3. The molecule has 2 unspecified atom stereocenters. The number of thiazole rings is 1. The number of aromatic nitrogens is 1. The third kappa shape index (κ3) is 4.02. The first-order valence-corrected chi connectivity index (χ1v) is 11.2. The van der Waals surface area contributed by atoms with Crippen molar-refractivity contribution in [1.29, 1.82) is 0 Å². The van der Waals surface area contributed by atoms with E-state index < -0.39 is 0 Å². The number of hydrogen-bond acceptors (Lipinski definition) is 5. The molecule has 2 aliphatic rings. The van der Waals surface area contributed by atoms with Gasteiger partial charge in [0.25, 0.3) is 0 Å². The Kier molecular flexibility index (Phi) is 5.85. The lowest BCUT2D eigenvalue weighted by molar-refractivity contribution is -0.138. The zero-order chi connectivity index (χ0) is 19.5. The number of hydrogen-bond donors (Lipinski definition) is 0. The molecular weight excluding hydrogens is 372 g/mol. The van der Waals surface area contributed by atoms with E-state index in [1.54, 1.807) is 11.3 Å². The molecule has 5 nitrogen and oxygen atoms in total. The molecule has 0 radical (unpaired) electrons. The van der Waals surface area contributed by atoms with Gasteiger partial charge in [-0.2, -0.15) is 0 Å². The van der Waals surface area contributed by atoms with Gasteiger partial charge in [-0.05, 0) is 56.4 Å². The number of nitrogens with zero attached hydrogens (tertiary/aromatic N) is 2. The first-order chi connectivity index (χ1) is 13.7. The minimum absolute atomic E-state index is 0.120. The molecule has 0 aliphatic carbocycles. The van der Waals surface area contributed by atoms with Crippen molar-refractivity contribution in [2.75, 3.05) is 26.3 Å². The molecule has 0 N–H and O–H groups in total. The van der Waals surface area contributed by atoms with Gasteiger partial charge in [-0.15, -0.1) is 11.3 Å². The van der Waals surface area contributed by atoms with E-state index in [1.165, 1.54) is 5.01 Å². The van der Waals surface area contributed by atoms with Crippen LogP contribution < -0.4 is 9.47 Å². The largest absolute Gasteiger partial charge is 0.494 e. The van der Waals surface area contributed by atoms with Gasteiger partial charge in [-0.3, -0.25) is 4.79 Å². The van der Waals surface area contributed by atoms with Crippen LogP contribution in [0.4, 0.5) is 0 Å². The average molecular weight is 401 g/mol. The Morgan fingerprint density at radius 1 is 1.39 bits per heavy atom. The van der Waals surface area contributed by atoms with Crippen LogP contribution in [0.3, 0.4) is 0 Å². The van der Waals surface area contributed by atoms with Gasteiger partial charge in [-0.25, -0.2) is 4.98 Å². The molecule has 0 spiro atoms. The van der Waals surface area contributed by atoms with Gasteiger partial charge in [-0.1, -0.05) is 6.92 Å². The van der Waals surface area contributed by atoms with Gasteiger partial charge >= 0.3 is 0 Å². The minimum Gasteiger partial charge on any atom is -0.494 e. The van der Waals surface area contributed by atoms with Gasteiger partial charge in [0.2, 0.25) is 5.91 Å². The number of likely N-dealkylation sites (tertiary alicyclic amines) is 1. The van der Waals surface area contributed by atoms with E-state index in [-0.39, 0.29) is 11.8 Å². The molecule has 2 atom stereocenters. The van der Waals surface area contributed by atoms with E-state index in [0.29, 0.717) is 25.6 Å². The average Bonchev–Trinajstić information content (AvgIpc) is 3.22. The Morgan fingerprint density at radius 3 is 3.07 bits per heavy atom. The van der Waals surface area contributed by atoms with Crippen molar-refractivity contribution in [2.24, 2.45) is 5.92 Å². The zero-order valence-corrected chi connectivity index (χ0v) is 17.5. The van der Waals surface area contributed by atoms with Crippen LogP contribution in [0, 0.1) is 5.92 Å². The van der Waals surface area contributed by atoms with Crippen LogP contribution in [0.2, 0.25) is 0 Å². The molecule has 0 saturated carbocycles. The lowest BCUT2D eigenvalue weighted by Gasteiger charge is -2.35. The summed E-state index contributed by atoms with van der Waals surface area (Å²) in [5.41, 5.74) is 2.22. The van der Waals surface area contributed by atoms with Gasteiger partial charge in [0.05, 0.1) is 23.2 Å². The summed E-state index contributed by atoms with van der Waals surface area (Å²) in [6, 6.07) is 5.89. The third-order valence-electron chi connectivity index (χ3n) is 5.61. The Labute approximate surface area is 170 Å². The number of fused-ring (bicyclic) bond motifs is 1. The number of piperidine rings is 1. The molecule has 1 aromatic carbocycles. The van der Waals surface area contributed by atoms with E-state index in [0.717, 1.165) is 55.1 Å². The van der Waals surface area contributed by atoms with Crippen molar-refractivity contribution in [3.63, 3.8) is 0 Å². The highest BCUT2D eigenvalue weighted by atomic mass is 32.1.